The molecule has 2 aromatic rings. The molecule has 2 aromatic carbocycles. The first-order valence-corrected chi connectivity index (χ1v) is 16.8. The van der Waals surface area contributed by atoms with Gasteiger partial charge in [-0.1, -0.05) is 121 Å². The molecule has 1 unspecified atom stereocenters. The van der Waals surface area contributed by atoms with Gasteiger partial charge in [-0.2, -0.15) is 0 Å². The Morgan fingerprint density at radius 2 is 1.79 bits per heavy atom. The van der Waals surface area contributed by atoms with Crippen molar-refractivity contribution in [2.24, 2.45) is 5.92 Å². The Morgan fingerprint density at radius 1 is 0.851 bits per heavy atom. The van der Waals surface area contributed by atoms with Crippen molar-refractivity contribution >= 4 is 23.8 Å². The molecule has 2 heteroatoms. The van der Waals surface area contributed by atoms with Crippen LogP contribution in [-0.2, 0) is 6.42 Å². The zero-order chi connectivity index (χ0) is 31.6. The molecular formula is C45H38FN. The summed E-state index contributed by atoms with van der Waals surface area (Å²) in [5.74, 6) is 0.0418. The maximum Gasteiger partial charge on any atom is 0.0943 e. The number of aryl methyl sites for hydroxylation is 1. The Balaban J connectivity index is 1.29. The SMILES string of the molecule is F/C=C(\C=C1\C=CC=CC1)C1=C(N2C=C(c3ccc4c(c3)C=CCC4)C=CC2)C=C(C2=CC=c3ccccc3=CC2)C2=CC=CCC21. The second-order valence-electron chi connectivity index (χ2n) is 12.9. The third kappa shape index (κ3) is 5.81. The lowest BCUT2D eigenvalue weighted by atomic mass is 9.72. The Morgan fingerprint density at radius 3 is 2.68 bits per heavy atom. The normalized spacial score (nSPS) is 22.3. The summed E-state index contributed by atoms with van der Waals surface area (Å²) < 4.78 is 15.2. The summed E-state index contributed by atoms with van der Waals surface area (Å²) in [6.07, 6.45) is 43.0. The van der Waals surface area contributed by atoms with Gasteiger partial charge >= 0.3 is 0 Å². The smallest absolute Gasteiger partial charge is 0.0943 e. The van der Waals surface area contributed by atoms with Crippen molar-refractivity contribution in [1.82, 2.24) is 4.90 Å². The van der Waals surface area contributed by atoms with Crippen LogP contribution in [0.5, 0.6) is 0 Å². The van der Waals surface area contributed by atoms with Crippen molar-refractivity contribution in [2.75, 3.05) is 6.54 Å². The van der Waals surface area contributed by atoms with E-state index in [0.29, 0.717) is 5.57 Å². The predicted octanol–water partition coefficient (Wildman–Crippen LogP) is 9.44. The number of nitrogens with zero attached hydrogens (tertiary/aromatic N) is 1. The summed E-state index contributed by atoms with van der Waals surface area (Å²) in [5, 5.41) is 2.50. The van der Waals surface area contributed by atoms with E-state index in [2.05, 4.69) is 139 Å². The third-order valence-corrected chi connectivity index (χ3v) is 9.96. The van der Waals surface area contributed by atoms with Crippen LogP contribution in [0.15, 0.2) is 173 Å². The first-order chi connectivity index (χ1) is 23.2. The van der Waals surface area contributed by atoms with Crippen molar-refractivity contribution in [3.8, 4) is 0 Å². The van der Waals surface area contributed by atoms with Gasteiger partial charge < -0.3 is 4.90 Å². The first kappa shape index (κ1) is 29.2. The number of halogens is 1. The van der Waals surface area contributed by atoms with Crippen LogP contribution in [0.25, 0.3) is 23.8 Å². The Kier molecular flexibility index (Phi) is 8.01. The minimum atomic E-state index is 0.0418. The zero-order valence-corrected chi connectivity index (χ0v) is 26.6. The van der Waals surface area contributed by atoms with Crippen LogP contribution in [0.1, 0.15) is 42.4 Å². The number of fused-ring (bicyclic) bond motifs is 3. The predicted molar refractivity (Wildman–Crippen MR) is 196 cm³/mol. The molecule has 1 nitrogen and oxygen atoms in total. The van der Waals surface area contributed by atoms with Gasteiger partial charge in [0.15, 0.2) is 0 Å². The molecule has 1 atom stereocenters. The van der Waals surface area contributed by atoms with E-state index in [1.54, 1.807) is 0 Å². The molecule has 1 aliphatic heterocycles. The largest absolute Gasteiger partial charge is 0.343 e. The second kappa shape index (κ2) is 12.9. The fourth-order valence-corrected chi connectivity index (χ4v) is 7.55. The van der Waals surface area contributed by atoms with Gasteiger partial charge in [0, 0.05) is 29.9 Å². The van der Waals surface area contributed by atoms with Crippen molar-refractivity contribution in [1.29, 1.82) is 0 Å². The van der Waals surface area contributed by atoms with Crippen LogP contribution in [0, 0.1) is 5.92 Å². The van der Waals surface area contributed by atoms with E-state index in [9.17, 15) is 0 Å². The Labute approximate surface area is 277 Å². The molecule has 230 valence electrons. The van der Waals surface area contributed by atoms with E-state index in [0.717, 1.165) is 61.8 Å². The van der Waals surface area contributed by atoms with Crippen LogP contribution in [0.3, 0.4) is 0 Å². The highest BCUT2D eigenvalue weighted by Gasteiger charge is 2.33. The number of allylic oxidation sites excluding steroid dienone is 19. The quantitative estimate of drug-likeness (QED) is 0.326. The molecule has 0 bridgehead atoms. The summed E-state index contributed by atoms with van der Waals surface area (Å²) in [6, 6.07) is 15.4. The fourth-order valence-electron chi connectivity index (χ4n) is 7.55. The topological polar surface area (TPSA) is 3.24 Å². The number of hydrogen-bond donors (Lipinski definition) is 0. The van der Waals surface area contributed by atoms with E-state index in [4.69, 9.17) is 0 Å². The molecule has 8 rings (SSSR count). The van der Waals surface area contributed by atoms with E-state index >= 15 is 4.39 Å². The summed E-state index contributed by atoms with van der Waals surface area (Å²) in [5.41, 5.74) is 12.8. The monoisotopic (exact) mass is 611 g/mol. The number of hydrogen-bond acceptors (Lipinski definition) is 1. The van der Waals surface area contributed by atoms with Gasteiger partial charge in [0.2, 0.25) is 0 Å². The molecule has 0 aromatic heterocycles. The summed E-state index contributed by atoms with van der Waals surface area (Å²) in [7, 11) is 0. The maximum absolute atomic E-state index is 15.2. The second-order valence-corrected chi connectivity index (χ2v) is 12.9. The van der Waals surface area contributed by atoms with Gasteiger partial charge in [-0.15, -0.1) is 0 Å². The lowest BCUT2D eigenvalue weighted by Gasteiger charge is -2.37. The fraction of sp³-hybridized carbons (Fsp3) is 0.156. The van der Waals surface area contributed by atoms with Crippen LogP contribution in [-0.4, -0.2) is 11.4 Å². The zero-order valence-electron chi connectivity index (χ0n) is 26.6. The van der Waals surface area contributed by atoms with Crippen molar-refractivity contribution < 1.29 is 4.39 Å². The molecule has 1 heterocycles. The third-order valence-electron chi connectivity index (χ3n) is 9.96. The molecule has 0 radical (unpaired) electrons. The van der Waals surface area contributed by atoms with E-state index in [-0.39, 0.29) is 5.92 Å². The maximum atomic E-state index is 15.2. The van der Waals surface area contributed by atoms with Crippen LogP contribution < -0.4 is 10.4 Å². The van der Waals surface area contributed by atoms with Gasteiger partial charge in [-0.05, 0) is 111 Å². The first-order valence-electron chi connectivity index (χ1n) is 16.8. The minimum absolute atomic E-state index is 0.0418. The van der Waals surface area contributed by atoms with E-state index < -0.39 is 0 Å². The molecule has 47 heavy (non-hydrogen) atoms. The molecule has 0 saturated heterocycles. The molecule has 6 aliphatic rings. The number of benzene rings is 2. The molecule has 0 saturated carbocycles. The van der Waals surface area contributed by atoms with E-state index in [1.807, 2.05) is 12.2 Å². The minimum Gasteiger partial charge on any atom is -0.343 e. The van der Waals surface area contributed by atoms with Crippen LogP contribution in [0.4, 0.5) is 4.39 Å². The average Bonchev–Trinajstić information content (AvgIpc) is 3.36. The number of rotatable bonds is 5. The van der Waals surface area contributed by atoms with Crippen LogP contribution in [0.2, 0.25) is 0 Å². The lowest BCUT2D eigenvalue weighted by Crippen LogP contribution is -2.27. The van der Waals surface area contributed by atoms with Crippen molar-refractivity contribution in [3.05, 3.63) is 200 Å². The lowest BCUT2D eigenvalue weighted by molar-refractivity contribution is 0.508. The summed E-state index contributed by atoms with van der Waals surface area (Å²) in [4.78, 5) is 2.34. The summed E-state index contributed by atoms with van der Waals surface area (Å²) in [6.45, 7) is 0.722. The highest BCUT2D eigenvalue weighted by atomic mass is 19.1. The van der Waals surface area contributed by atoms with Crippen LogP contribution >= 0.6 is 0 Å². The van der Waals surface area contributed by atoms with Crippen molar-refractivity contribution in [2.45, 2.75) is 32.1 Å². The molecule has 0 amide bonds. The molecule has 0 spiro atoms. The van der Waals surface area contributed by atoms with Gasteiger partial charge in [-0.3, -0.25) is 0 Å². The standard InChI is InChI=1S/C45H38FN/c46-30-40(27-32-11-2-1-3-12-32)45-42-19-9-8-18-41(42)43(36-23-20-33-13-4-5-14-34(33)21-24-36)29-44(45)47-26-10-17-39(31-47)38-25-22-35-15-6-7-16-37(35)28-38/h1-5,7-11,13-14,16-18,20-23,25,27-31,42H,6,12,15,19,24,26H2/b32-27-,40-30+. The molecule has 5 aliphatic carbocycles. The van der Waals surface area contributed by atoms with Gasteiger partial charge in [0.05, 0.1) is 6.33 Å². The summed E-state index contributed by atoms with van der Waals surface area (Å²) >= 11 is 0. The van der Waals surface area contributed by atoms with Gasteiger partial charge in [-0.25, -0.2) is 4.39 Å². The molecular weight excluding hydrogens is 574 g/mol. The highest BCUT2D eigenvalue weighted by molar-refractivity contribution is 5.78. The Bertz CT molecular complexity index is 2140. The van der Waals surface area contributed by atoms with Gasteiger partial charge in [0.1, 0.15) is 0 Å². The molecule has 0 fully saturated rings. The van der Waals surface area contributed by atoms with E-state index in [1.165, 1.54) is 49.4 Å². The van der Waals surface area contributed by atoms with Crippen molar-refractivity contribution in [3.63, 3.8) is 0 Å². The van der Waals surface area contributed by atoms with Gasteiger partial charge in [0.25, 0.3) is 0 Å². The Hall–Kier alpha value is -5.21. The average molecular weight is 612 g/mol. The highest BCUT2D eigenvalue weighted by Crippen LogP contribution is 2.47. The molecule has 0 N–H and O–H groups in total.